The maximum atomic E-state index is 5.76. The van der Waals surface area contributed by atoms with Gasteiger partial charge in [0.2, 0.25) is 0 Å². The fourth-order valence-electron chi connectivity index (χ4n) is 1.94. The molecule has 0 fully saturated rings. The molecule has 0 aliphatic rings. The van der Waals surface area contributed by atoms with Crippen LogP contribution in [0, 0.1) is 0 Å². The van der Waals surface area contributed by atoms with Crippen LogP contribution >= 0.6 is 0 Å². The molecule has 3 N–H and O–H groups in total. The van der Waals surface area contributed by atoms with E-state index in [9.17, 15) is 0 Å². The van der Waals surface area contributed by atoms with Crippen molar-refractivity contribution in [1.82, 2.24) is 10.3 Å². The van der Waals surface area contributed by atoms with Crippen molar-refractivity contribution in [2.24, 2.45) is 5.84 Å². The van der Waals surface area contributed by atoms with E-state index in [-0.39, 0.29) is 11.6 Å². The van der Waals surface area contributed by atoms with E-state index in [1.54, 1.807) is 0 Å². The van der Waals surface area contributed by atoms with Crippen LogP contribution < -0.4 is 16.0 Å². The Balaban J connectivity index is 3.16. The lowest BCUT2D eigenvalue weighted by Gasteiger charge is -2.40. The van der Waals surface area contributed by atoms with Gasteiger partial charge in [-0.1, -0.05) is 18.2 Å². The molecule has 0 amide bonds. The first-order valence-electron chi connectivity index (χ1n) is 6.30. The maximum absolute atomic E-state index is 5.76. The Kier molecular flexibility index (Phi) is 5.14. The topological polar surface area (TPSA) is 50.5 Å². The molecule has 0 saturated carbocycles. The predicted octanol–water partition coefficient (Wildman–Crippen LogP) is 1.93. The number of ether oxygens (including phenoxy) is 1. The number of likely N-dealkylation sites (N-methyl/N-ethyl adjacent to an activating group) is 1. The van der Waals surface area contributed by atoms with Crippen molar-refractivity contribution in [3.05, 3.63) is 29.8 Å². The zero-order valence-electron chi connectivity index (χ0n) is 12.0. The van der Waals surface area contributed by atoms with Gasteiger partial charge in [-0.3, -0.25) is 11.3 Å². The van der Waals surface area contributed by atoms with Crippen LogP contribution in [0.25, 0.3) is 0 Å². The summed E-state index contributed by atoms with van der Waals surface area (Å²) < 4.78 is 5.68. The van der Waals surface area contributed by atoms with Crippen molar-refractivity contribution >= 4 is 0 Å². The highest BCUT2D eigenvalue weighted by Crippen LogP contribution is 2.34. The minimum atomic E-state index is -0.123. The Morgan fingerprint density at radius 3 is 2.44 bits per heavy atom. The van der Waals surface area contributed by atoms with Gasteiger partial charge in [0.25, 0.3) is 0 Å². The molecule has 1 aromatic rings. The van der Waals surface area contributed by atoms with Gasteiger partial charge in [0.15, 0.2) is 0 Å². The third-order valence-electron chi connectivity index (χ3n) is 3.56. The van der Waals surface area contributed by atoms with Crippen molar-refractivity contribution in [3.63, 3.8) is 0 Å². The first-order chi connectivity index (χ1) is 8.45. The monoisotopic (exact) mass is 251 g/mol. The van der Waals surface area contributed by atoms with Crippen molar-refractivity contribution in [2.75, 3.05) is 20.7 Å². The van der Waals surface area contributed by atoms with Crippen molar-refractivity contribution < 1.29 is 4.74 Å². The summed E-state index contributed by atoms with van der Waals surface area (Å²) in [6, 6.07) is 8.02. The average Bonchev–Trinajstić information content (AvgIpc) is 2.32. The first kappa shape index (κ1) is 15.0. The zero-order valence-corrected chi connectivity index (χ0v) is 12.0. The summed E-state index contributed by atoms with van der Waals surface area (Å²) >= 11 is 0. The van der Waals surface area contributed by atoms with Crippen LogP contribution in [-0.4, -0.2) is 31.1 Å². The molecular weight excluding hydrogens is 226 g/mol. The van der Waals surface area contributed by atoms with E-state index >= 15 is 0 Å². The van der Waals surface area contributed by atoms with E-state index in [1.807, 2.05) is 39.2 Å². The standard InChI is InChI=1S/C14H25N3O/c1-6-18-12-10-8-7-9-11(12)13(16-15)14(2,3)17(4)5/h7-10,13,16H,6,15H2,1-5H3. The summed E-state index contributed by atoms with van der Waals surface area (Å²) in [6.45, 7) is 6.94. The SMILES string of the molecule is CCOc1ccccc1C(NN)C(C)(C)N(C)C. The van der Waals surface area contributed by atoms with Crippen LogP contribution in [0.5, 0.6) is 5.75 Å². The van der Waals surface area contributed by atoms with Crippen LogP contribution in [0.3, 0.4) is 0 Å². The number of nitrogens with one attached hydrogen (secondary N) is 1. The van der Waals surface area contributed by atoms with Crippen molar-refractivity contribution in [1.29, 1.82) is 0 Å². The van der Waals surface area contributed by atoms with E-state index in [2.05, 4.69) is 30.2 Å². The number of nitrogens with two attached hydrogens (primary N) is 1. The summed E-state index contributed by atoms with van der Waals surface area (Å²) in [6.07, 6.45) is 0. The molecule has 0 radical (unpaired) electrons. The third kappa shape index (κ3) is 3.02. The van der Waals surface area contributed by atoms with Gasteiger partial charge in [0.05, 0.1) is 12.6 Å². The molecule has 0 heterocycles. The molecule has 1 atom stereocenters. The average molecular weight is 251 g/mol. The van der Waals surface area contributed by atoms with Gasteiger partial charge in [0, 0.05) is 11.1 Å². The number of nitrogens with zero attached hydrogens (tertiary/aromatic N) is 1. The molecule has 0 saturated heterocycles. The maximum Gasteiger partial charge on any atom is 0.124 e. The number of para-hydroxylation sites is 1. The first-order valence-corrected chi connectivity index (χ1v) is 6.30. The minimum Gasteiger partial charge on any atom is -0.494 e. The number of benzene rings is 1. The summed E-state index contributed by atoms with van der Waals surface area (Å²) in [5, 5.41) is 0. The van der Waals surface area contributed by atoms with Gasteiger partial charge < -0.3 is 9.64 Å². The van der Waals surface area contributed by atoms with E-state index in [4.69, 9.17) is 10.6 Å². The minimum absolute atomic E-state index is 0.00440. The molecule has 102 valence electrons. The number of hydrogen-bond donors (Lipinski definition) is 2. The second-order valence-corrected chi connectivity index (χ2v) is 5.12. The van der Waals surface area contributed by atoms with Crippen LogP contribution in [0.15, 0.2) is 24.3 Å². The van der Waals surface area contributed by atoms with E-state index < -0.39 is 0 Å². The second kappa shape index (κ2) is 6.18. The molecule has 0 aromatic heterocycles. The number of hydrogen-bond acceptors (Lipinski definition) is 4. The van der Waals surface area contributed by atoms with E-state index in [1.165, 1.54) is 0 Å². The van der Waals surface area contributed by atoms with Crippen LogP contribution in [0.1, 0.15) is 32.4 Å². The molecule has 1 aromatic carbocycles. The van der Waals surface area contributed by atoms with Crippen molar-refractivity contribution in [2.45, 2.75) is 32.4 Å². The van der Waals surface area contributed by atoms with Gasteiger partial charge in [-0.2, -0.15) is 0 Å². The highest BCUT2D eigenvalue weighted by molar-refractivity contribution is 5.37. The van der Waals surface area contributed by atoms with Gasteiger partial charge in [-0.05, 0) is 40.9 Å². The summed E-state index contributed by atoms with van der Waals surface area (Å²) in [5.41, 5.74) is 3.88. The quantitative estimate of drug-likeness (QED) is 0.599. The van der Waals surface area contributed by atoms with Crippen LogP contribution in [0.2, 0.25) is 0 Å². The molecule has 0 aliphatic heterocycles. The largest absolute Gasteiger partial charge is 0.494 e. The molecule has 18 heavy (non-hydrogen) atoms. The summed E-state index contributed by atoms with van der Waals surface area (Å²) in [7, 11) is 4.10. The van der Waals surface area contributed by atoms with Gasteiger partial charge in [-0.25, -0.2) is 0 Å². The Labute approximate surface area is 110 Å². The lowest BCUT2D eigenvalue weighted by atomic mass is 9.87. The lowest BCUT2D eigenvalue weighted by molar-refractivity contribution is 0.136. The molecule has 0 aliphatic carbocycles. The number of rotatable bonds is 6. The highest BCUT2D eigenvalue weighted by atomic mass is 16.5. The fraction of sp³-hybridized carbons (Fsp3) is 0.571. The highest BCUT2D eigenvalue weighted by Gasteiger charge is 2.33. The van der Waals surface area contributed by atoms with E-state index in [0.717, 1.165) is 11.3 Å². The predicted molar refractivity (Wildman–Crippen MR) is 75.4 cm³/mol. The molecule has 0 bridgehead atoms. The van der Waals surface area contributed by atoms with Gasteiger partial charge in [-0.15, -0.1) is 0 Å². The normalized spacial score (nSPS) is 13.7. The molecular formula is C14H25N3O. The molecule has 1 unspecified atom stereocenters. The Morgan fingerprint density at radius 2 is 1.94 bits per heavy atom. The molecule has 4 nitrogen and oxygen atoms in total. The number of hydrazine groups is 1. The summed E-state index contributed by atoms with van der Waals surface area (Å²) in [5.74, 6) is 6.65. The van der Waals surface area contributed by atoms with Crippen LogP contribution in [0.4, 0.5) is 0 Å². The molecule has 4 heteroatoms. The molecule has 0 spiro atoms. The fourth-order valence-corrected chi connectivity index (χ4v) is 1.94. The van der Waals surface area contributed by atoms with Crippen molar-refractivity contribution in [3.8, 4) is 5.75 Å². The second-order valence-electron chi connectivity index (χ2n) is 5.12. The van der Waals surface area contributed by atoms with Gasteiger partial charge in [0.1, 0.15) is 5.75 Å². The Bertz CT molecular complexity index is 377. The summed E-state index contributed by atoms with van der Waals surface area (Å²) in [4.78, 5) is 2.15. The Hall–Kier alpha value is -1.10. The van der Waals surface area contributed by atoms with E-state index in [0.29, 0.717) is 6.61 Å². The lowest BCUT2D eigenvalue weighted by Crippen LogP contribution is -2.51. The molecule has 1 rings (SSSR count). The smallest absolute Gasteiger partial charge is 0.124 e. The third-order valence-corrected chi connectivity index (χ3v) is 3.56. The van der Waals surface area contributed by atoms with Crippen LogP contribution in [-0.2, 0) is 0 Å². The zero-order chi connectivity index (χ0) is 13.8. The van der Waals surface area contributed by atoms with Gasteiger partial charge >= 0.3 is 0 Å². The Morgan fingerprint density at radius 1 is 1.33 bits per heavy atom.